The summed E-state index contributed by atoms with van der Waals surface area (Å²) in [7, 11) is 1.95. The van der Waals surface area contributed by atoms with Crippen LogP contribution in [0.3, 0.4) is 0 Å². The van der Waals surface area contributed by atoms with E-state index in [2.05, 4.69) is 0 Å². The monoisotopic (exact) mass is 252 g/mol. The molecule has 0 amide bonds. The zero-order valence-electron chi connectivity index (χ0n) is 10.6. The Balaban J connectivity index is 1.97. The third-order valence-electron chi connectivity index (χ3n) is 2.85. The summed E-state index contributed by atoms with van der Waals surface area (Å²) < 4.78 is 11.0. The molecule has 1 aromatic carbocycles. The lowest BCUT2D eigenvalue weighted by molar-refractivity contribution is 0.129. The molecule has 100 valence electrons. The quantitative estimate of drug-likeness (QED) is 0.784. The lowest BCUT2D eigenvalue weighted by atomic mass is 10.1. The first kappa shape index (κ1) is 13.1. The minimum Gasteiger partial charge on any atom is -0.486 e. The standard InChI is InChI=1S/C13H20N2O3/c1-15(9-11(16)7-14)8-10-2-3-12-13(6-10)18-5-4-17-12/h2-3,6,11,16H,4-5,7-9,14H2,1H3. The first-order valence-electron chi connectivity index (χ1n) is 6.14. The fourth-order valence-corrected chi connectivity index (χ4v) is 2.00. The average molecular weight is 252 g/mol. The third kappa shape index (κ3) is 3.35. The van der Waals surface area contributed by atoms with Crippen molar-refractivity contribution in [3.8, 4) is 11.5 Å². The van der Waals surface area contributed by atoms with Crippen molar-refractivity contribution in [1.29, 1.82) is 0 Å². The van der Waals surface area contributed by atoms with Crippen molar-refractivity contribution in [3.05, 3.63) is 23.8 Å². The fraction of sp³-hybridized carbons (Fsp3) is 0.538. The van der Waals surface area contributed by atoms with Crippen LogP contribution in [0.25, 0.3) is 0 Å². The van der Waals surface area contributed by atoms with Crippen LogP contribution in [-0.4, -0.2) is 49.5 Å². The number of aliphatic hydroxyl groups is 1. The summed E-state index contributed by atoms with van der Waals surface area (Å²) in [4.78, 5) is 2.03. The Kier molecular flexibility index (Phi) is 4.41. The van der Waals surface area contributed by atoms with E-state index in [1.165, 1.54) is 0 Å². The van der Waals surface area contributed by atoms with Crippen LogP contribution < -0.4 is 15.2 Å². The van der Waals surface area contributed by atoms with Crippen molar-refractivity contribution in [2.45, 2.75) is 12.6 Å². The highest BCUT2D eigenvalue weighted by Gasteiger charge is 2.13. The largest absolute Gasteiger partial charge is 0.486 e. The van der Waals surface area contributed by atoms with Gasteiger partial charge in [0, 0.05) is 19.6 Å². The second-order valence-corrected chi connectivity index (χ2v) is 4.56. The van der Waals surface area contributed by atoms with Gasteiger partial charge in [-0.2, -0.15) is 0 Å². The summed E-state index contributed by atoms with van der Waals surface area (Å²) in [5, 5.41) is 9.49. The van der Waals surface area contributed by atoms with Gasteiger partial charge in [-0.1, -0.05) is 6.07 Å². The van der Waals surface area contributed by atoms with Crippen LogP contribution in [0.2, 0.25) is 0 Å². The Morgan fingerprint density at radius 3 is 2.78 bits per heavy atom. The van der Waals surface area contributed by atoms with Crippen LogP contribution in [0.15, 0.2) is 18.2 Å². The first-order valence-corrected chi connectivity index (χ1v) is 6.14. The van der Waals surface area contributed by atoms with Crippen molar-refractivity contribution < 1.29 is 14.6 Å². The lowest BCUT2D eigenvalue weighted by Gasteiger charge is -2.22. The van der Waals surface area contributed by atoms with Gasteiger partial charge in [0.1, 0.15) is 13.2 Å². The molecule has 1 aliphatic rings. The van der Waals surface area contributed by atoms with Crippen LogP contribution in [0.4, 0.5) is 0 Å². The molecule has 3 N–H and O–H groups in total. The average Bonchev–Trinajstić information content (AvgIpc) is 2.38. The van der Waals surface area contributed by atoms with E-state index < -0.39 is 6.10 Å². The predicted octanol–water partition coefficient (Wildman–Crippen LogP) is 0.209. The fourth-order valence-electron chi connectivity index (χ4n) is 2.00. The molecule has 5 heteroatoms. The van der Waals surface area contributed by atoms with Gasteiger partial charge < -0.3 is 20.3 Å². The molecule has 0 fully saturated rings. The SMILES string of the molecule is CN(Cc1ccc2c(c1)OCCO2)CC(O)CN. The Morgan fingerprint density at radius 1 is 1.33 bits per heavy atom. The molecule has 2 rings (SSSR count). The number of hydrogen-bond acceptors (Lipinski definition) is 5. The van der Waals surface area contributed by atoms with E-state index >= 15 is 0 Å². The highest BCUT2D eigenvalue weighted by atomic mass is 16.6. The summed E-state index contributed by atoms with van der Waals surface area (Å²) in [5.41, 5.74) is 6.52. The molecular weight excluding hydrogens is 232 g/mol. The van der Waals surface area contributed by atoms with Gasteiger partial charge in [0.05, 0.1) is 6.10 Å². The normalized spacial score (nSPS) is 15.8. The summed E-state index contributed by atoms with van der Waals surface area (Å²) in [6.45, 7) is 2.79. The molecule has 0 bridgehead atoms. The van der Waals surface area contributed by atoms with Crippen LogP contribution in [0, 0.1) is 0 Å². The molecule has 1 unspecified atom stereocenters. The Bertz CT molecular complexity index is 398. The van der Waals surface area contributed by atoms with Crippen molar-refractivity contribution in [2.24, 2.45) is 5.73 Å². The Hall–Kier alpha value is -1.30. The van der Waals surface area contributed by atoms with Gasteiger partial charge in [-0.15, -0.1) is 0 Å². The number of hydrogen-bond donors (Lipinski definition) is 2. The van der Waals surface area contributed by atoms with E-state index in [1.807, 2.05) is 30.1 Å². The minimum absolute atomic E-state index is 0.283. The summed E-state index contributed by atoms with van der Waals surface area (Å²) in [6.07, 6.45) is -0.479. The molecule has 0 aromatic heterocycles. The van der Waals surface area contributed by atoms with Crippen LogP contribution in [0.5, 0.6) is 11.5 Å². The number of aliphatic hydroxyl groups excluding tert-OH is 1. The van der Waals surface area contributed by atoms with E-state index in [0.717, 1.165) is 23.6 Å². The highest BCUT2D eigenvalue weighted by Crippen LogP contribution is 2.30. The highest BCUT2D eigenvalue weighted by molar-refractivity contribution is 5.43. The van der Waals surface area contributed by atoms with Gasteiger partial charge in [0.15, 0.2) is 11.5 Å². The Morgan fingerprint density at radius 2 is 2.06 bits per heavy atom. The van der Waals surface area contributed by atoms with Gasteiger partial charge in [0.2, 0.25) is 0 Å². The molecule has 1 heterocycles. The summed E-state index contributed by atoms with van der Waals surface area (Å²) >= 11 is 0. The number of fused-ring (bicyclic) bond motifs is 1. The van der Waals surface area contributed by atoms with Gasteiger partial charge in [-0.25, -0.2) is 0 Å². The van der Waals surface area contributed by atoms with Gasteiger partial charge >= 0.3 is 0 Å². The molecular formula is C13H20N2O3. The van der Waals surface area contributed by atoms with Crippen LogP contribution in [-0.2, 0) is 6.54 Å². The second kappa shape index (κ2) is 6.04. The minimum atomic E-state index is -0.479. The van der Waals surface area contributed by atoms with E-state index in [4.69, 9.17) is 15.2 Å². The Labute approximate surface area is 107 Å². The van der Waals surface area contributed by atoms with Crippen molar-refractivity contribution >= 4 is 0 Å². The smallest absolute Gasteiger partial charge is 0.161 e. The maximum atomic E-state index is 9.49. The second-order valence-electron chi connectivity index (χ2n) is 4.56. The zero-order valence-corrected chi connectivity index (χ0v) is 10.6. The van der Waals surface area contributed by atoms with E-state index in [9.17, 15) is 5.11 Å². The van der Waals surface area contributed by atoms with Crippen molar-refractivity contribution in [2.75, 3.05) is 33.4 Å². The third-order valence-corrected chi connectivity index (χ3v) is 2.85. The van der Waals surface area contributed by atoms with Crippen LogP contribution in [0.1, 0.15) is 5.56 Å². The van der Waals surface area contributed by atoms with E-state index in [1.54, 1.807) is 0 Å². The van der Waals surface area contributed by atoms with E-state index in [-0.39, 0.29) is 6.54 Å². The summed E-state index contributed by atoms with van der Waals surface area (Å²) in [6, 6.07) is 5.93. The summed E-state index contributed by atoms with van der Waals surface area (Å²) in [5.74, 6) is 1.60. The molecule has 0 spiro atoms. The molecule has 0 aliphatic carbocycles. The molecule has 1 atom stereocenters. The molecule has 1 aromatic rings. The van der Waals surface area contributed by atoms with Gasteiger partial charge in [0.25, 0.3) is 0 Å². The maximum Gasteiger partial charge on any atom is 0.161 e. The molecule has 0 radical (unpaired) electrons. The van der Waals surface area contributed by atoms with Crippen molar-refractivity contribution in [3.63, 3.8) is 0 Å². The van der Waals surface area contributed by atoms with Gasteiger partial charge in [-0.05, 0) is 24.7 Å². The number of nitrogens with two attached hydrogens (primary N) is 1. The van der Waals surface area contributed by atoms with Crippen molar-refractivity contribution in [1.82, 2.24) is 4.90 Å². The molecule has 5 nitrogen and oxygen atoms in total. The van der Waals surface area contributed by atoms with Crippen LogP contribution >= 0.6 is 0 Å². The number of nitrogens with zero attached hydrogens (tertiary/aromatic N) is 1. The van der Waals surface area contributed by atoms with E-state index in [0.29, 0.717) is 19.8 Å². The molecule has 18 heavy (non-hydrogen) atoms. The maximum absolute atomic E-state index is 9.49. The predicted molar refractivity (Wildman–Crippen MR) is 68.8 cm³/mol. The number of benzene rings is 1. The number of likely N-dealkylation sites (N-methyl/N-ethyl adjacent to an activating group) is 1. The van der Waals surface area contributed by atoms with Gasteiger partial charge in [-0.3, -0.25) is 4.90 Å². The number of ether oxygens (including phenoxy) is 2. The molecule has 0 saturated carbocycles. The first-order chi connectivity index (χ1) is 8.69. The lowest BCUT2D eigenvalue weighted by Crippen LogP contribution is -2.33. The molecule has 1 aliphatic heterocycles. The topological polar surface area (TPSA) is 68.0 Å². The zero-order chi connectivity index (χ0) is 13.0. The number of rotatable bonds is 5. The molecule has 0 saturated heterocycles.